The maximum absolute atomic E-state index is 12.7. The van der Waals surface area contributed by atoms with Gasteiger partial charge >= 0.3 is 0 Å². The summed E-state index contributed by atoms with van der Waals surface area (Å²) in [4.78, 5) is 12.0. The molecule has 0 aliphatic carbocycles. The molecule has 3 atom stereocenters. The first-order valence-corrected chi connectivity index (χ1v) is 9.03. The van der Waals surface area contributed by atoms with Crippen molar-refractivity contribution < 1.29 is 18.3 Å². The third kappa shape index (κ3) is 3.65. The van der Waals surface area contributed by atoms with Crippen LogP contribution in [-0.4, -0.2) is 37.1 Å². The standard InChI is InChI=1S/C15H23N3O4S/c1-8(2)11-7-5-6-9(3)12(11)18-23(21,22)13-10(4)16-15(20)17-14(13)19/h5-8,10,13,15-16,18,20H,1-4H3,(H,17,19). The highest BCUT2D eigenvalue weighted by molar-refractivity contribution is 7.94. The summed E-state index contributed by atoms with van der Waals surface area (Å²) in [7, 11) is -3.97. The van der Waals surface area contributed by atoms with Gasteiger partial charge in [-0.2, -0.15) is 0 Å². The molecule has 1 fully saturated rings. The molecule has 1 aromatic carbocycles. The molecule has 0 saturated carbocycles. The molecule has 3 unspecified atom stereocenters. The molecule has 1 aliphatic rings. The van der Waals surface area contributed by atoms with Crippen molar-refractivity contribution in [3.8, 4) is 0 Å². The van der Waals surface area contributed by atoms with Gasteiger partial charge in [-0.25, -0.2) is 8.42 Å². The minimum atomic E-state index is -3.97. The molecule has 4 N–H and O–H groups in total. The van der Waals surface area contributed by atoms with Crippen LogP contribution in [0.3, 0.4) is 0 Å². The van der Waals surface area contributed by atoms with Crippen molar-refractivity contribution in [1.29, 1.82) is 0 Å². The van der Waals surface area contributed by atoms with Gasteiger partial charge in [0.1, 0.15) is 0 Å². The number of sulfonamides is 1. The number of carbonyl (C=O) groups excluding carboxylic acids is 1. The van der Waals surface area contributed by atoms with Crippen LogP contribution in [-0.2, 0) is 14.8 Å². The summed E-state index contributed by atoms with van der Waals surface area (Å²) >= 11 is 0. The molecular formula is C15H23N3O4S. The number of hydrogen-bond acceptors (Lipinski definition) is 5. The zero-order chi connectivity index (χ0) is 17.4. The van der Waals surface area contributed by atoms with E-state index >= 15 is 0 Å². The second-order valence-corrected chi connectivity index (χ2v) is 7.93. The average Bonchev–Trinajstić information content (AvgIpc) is 2.38. The van der Waals surface area contributed by atoms with Gasteiger partial charge in [-0.15, -0.1) is 0 Å². The molecule has 0 spiro atoms. The summed E-state index contributed by atoms with van der Waals surface area (Å²) in [6, 6.07) is 4.83. The maximum atomic E-state index is 12.7. The van der Waals surface area contributed by atoms with Gasteiger partial charge in [-0.1, -0.05) is 32.0 Å². The Labute approximate surface area is 136 Å². The minimum absolute atomic E-state index is 0.130. The van der Waals surface area contributed by atoms with E-state index in [-0.39, 0.29) is 5.92 Å². The van der Waals surface area contributed by atoms with Crippen molar-refractivity contribution in [3.05, 3.63) is 29.3 Å². The van der Waals surface area contributed by atoms with E-state index in [0.717, 1.165) is 11.1 Å². The molecule has 0 aromatic heterocycles. The van der Waals surface area contributed by atoms with E-state index in [1.54, 1.807) is 6.92 Å². The molecule has 7 nitrogen and oxygen atoms in total. The predicted molar refractivity (Wildman–Crippen MR) is 88.3 cm³/mol. The number of hydrogen-bond donors (Lipinski definition) is 4. The van der Waals surface area contributed by atoms with E-state index in [0.29, 0.717) is 5.69 Å². The van der Waals surface area contributed by atoms with E-state index in [4.69, 9.17) is 0 Å². The fourth-order valence-electron chi connectivity index (χ4n) is 2.75. The minimum Gasteiger partial charge on any atom is -0.361 e. The Kier molecular flexibility index (Phi) is 4.98. The van der Waals surface area contributed by atoms with Crippen LogP contribution in [0.25, 0.3) is 0 Å². The molecule has 2 rings (SSSR count). The van der Waals surface area contributed by atoms with Crippen molar-refractivity contribution in [2.75, 3.05) is 4.72 Å². The van der Waals surface area contributed by atoms with Crippen molar-refractivity contribution in [2.45, 2.75) is 51.3 Å². The van der Waals surface area contributed by atoms with Crippen LogP contribution in [0.5, 0.6) is 0 Å². The quantitative estimate of drug-likeness (QED) is 0.642. The first-order valence-electron chi connectivity index (χ1n) is 7.49. The lowest BCUT2D eigenvalue weighted by Crippen LogP contribution is -2.65. The Hall–Kier alpha value is -1.64. The summed E-state index contributed by atoms with van der Waals surface area (Å²) in [6.45, 7) is 7.31. The fraction of sp³-hybridized carbons (Fsp3) is 0.533. The van der Waals surface area contributed by atoms with E-state index in [9.17, 15) is 18.3 Å². The maximum Gasteiger partial charge on any atom is 0.246 e. The Morgan fingerprint density at radius 1 is 1.30 bits per heavy atom. The van der Waals surface area contributed by atoms with Gasteiger partial charge in [-0.05, 0) is 30.9 Å². The zero-order valence-corrected chi connectivity index (χ0v) is 14.4. The first kappa shape index (κ1) is 17.7. The van der Waals surface area contributed by atoms with Crippen molar-refractivity contribution in [3.63, 3.8) is 0 Å². The number of nitrogens with one attached hydrogen (secondary N) is 3. The Morgan fingerprint density at radius 3 is 2.52 bits per heavy atom. The zero-order valence-electron chi connectivity index (χ0n) is 13.6. The number of carbonyl (C=O) groups is 1. The highest BCUT2D eigenvalue weighted by Gasteiger charge is 2.42. The molecule has 0 radical (unpaired) electrons. The molecule has 1 amide bonds. The largest absolute Gasteiger partial charge is 0.361 e. The molecule has 8 heteroatoms. The van der Waals surface area contributed by atoms with Gasteiger partial charge in [0.25, 0.3) is 0 Å². The van der Waals surface area contributed by atoms with Gasteiger partial charge in [-0.3, -0.25) is 14.8 Å². The van der Waals surface area contributed by atoms with E-state index in [2.05, 4.69) is 15.4 Å². The monoisotopic (exact) mass is 341 g/mol. The number of aliphatic hydroxyl groups is 1. The number of benzene rings is 1. The molecule has 1 heterocycles. The Balaban J connectivity index is 2.38. The number of rotatable bonds is 4. The molecule has 1 aliphatic heterocycles. The van der Waals surface area contributed by atoms with Crippen LogP contribution in [0, 0.1) is 6.92 Å². The average molecular weight is 341 g/mol. The highest BCUT2D eigenvalue weighted by Crippen LogP contribution is 2.29. The third-order valence-corrected chi connectivity index (χ3v) is 5.70. The lowest BCUT2D eigenvalue weighted by Gasteiger charge is -2.33. The molecule has 1 aromatic rings. The van der Waals surface area contributed by atoms with Crippen LogP contribution in [0.15, 0.2) is 18.2 Å². The van der Waals surface area contributed by atoms with Gasteiger partial charge in [0.15, 0.2) is 11.6 Å². The van der Waals surface area contributed by atoms with Crippen LogP contribution >= 0.6 is 0 Å². The molecule has 128 valence electrons. The van der Waals surface area contributed by atoms with Gasteiger partial charge in [0, 0.05) is 6.04 Å². The number of aliphatic hydroxyl groups excluding tert-OH is 1. The van der Waals surface area contributed by atoms with Gasteiger partial charge < -0.3 is 10.4 Å². The molecule has 0 bridgehead atoms. The number of anilines is 1. The van der Waals surface area contributed by atoms with Crippen molar-refractivity contribution >= 4 is 21.6 Å². The molecule has 1 saturated heterocycles. The van der Waals surface area contributed by atoms with Gasteiger partial charge in [0.05, 0.1) is 5.69 Å². The summed E-state index contributed by atoms with van der Waals surface area (Å²) < 4.78 is 28.0. The highest BCUT2D eigenvalue weighted by atomic mass is 32.2. The third-order valence-electron chi connectivity index (χ3n) is 3.92. The summed E-state index contributed by atoms with van der Waals surface area (Å²) in [5.41, 5.74) is 2.16. The van der Waals surface area contributed by atoms with Gasteiger partial charge in [0.2, 0.25) is 15.9 Å². The van der Waals surface area contributed by atoms with Crippen molar-refractivity contribution in [1.82, 2.24) is 10.6 Å². The van der Waals surface area contributed by atoms with Crippen LogP contribution in [0.1, 0.15) is 37.8 Å². The lowest BCUT2D eigenvalue weighted by atomic mass is 9.99. The molecular weight excluding hydrogens is 318 g/mol. The second kappa shape index (κ2) is 6.46. The van der Waals surface area contributed by atoms with Crippen LogP contribution < -0.4 is 15.4 Å². The topological polar surface area (TPSA) is 108 Å². The smallest absolute Gasteiger partial charge is 0.246 e. The van der Waals surface area contributed by atoms with E-state index in [1.807, 2.05) is 39.0 Å². The Morgan fingerprint density at radius 2 is 1.96 bits per heavy atom. The summed E-state index contributed by atoms with van der Waals surface area (Å²) in [5, 5.41) is 12.9. The van der Waals surface area contributed by atoms with E-state index in [1.165, 1.54) is 0 Å². The number of aryl methyl sites for hydroxylation is 1. The first-order chi connectivity index (χ1) is 10.6. The Bertz CT molecular complexity index is 703. The SMILES string of the molecule is Cc1cccc(C(C)C)c1NS(=O)(=O)C1C(=O)NC(O)NC1C. The molecule has 23 heavy (non-hydrogen) atoms. The van der Waals surface area contributed by atoms with E-state index < -0.39 is 33.6 Å². The van der Waals surface area contributed by atoms with Crippen molar-refractivity contribution in [2.24, 2.45) is 0 Å². The van der Waals surface area contributed by atoms with Crippen LogP contribution in [0.2, 0.25) is 0 Å². The number of amides is 1. The summed E-state index contributed by atoms with van der Waals surface area (Å²) in [5.74, 6) is -0.596. The normalized spacial score (nSPS) is 25.3. The lowest BCUT2D eigenvalue weighted by molar-refractivity contribution is -0.127. The fourth-order valence-corrected chi connectivity index (χ4v) is 4.40. The predicted octanol–water partition coefficient (Wildman–Crippen LogP) is 0.613. The summed E-state index contributed by atoms with van der Waals surface area (Å²) in [6.07, 6.45) is -1.24. The second-order valence-electron chi connectivity index (χ2n) is 6.13. The number of para-hydroxylation sites is 1. The van der Waals surface area contributed by atoms with Crippen LogP contribution in [0.4, 0.5) is 5.69 Å².